The van der Waals surface area contributed by atoms with Crippen molar-refractivity contribution in [2.75, 3.05) is 19.7 Å². The minimum atomic E-state index is -0.246. The maximum atomic E-state index is 12.3. The highest BCUT2D eigenvalue weighted by Gasteiger charge is 2.31. The first-order valence-electron chi connectivity index (χ1n) is 7.18. The smallest absolute Gasteiger partial charge is 0.327 e. The van der Waals surface area contributed by atoms with Crippen molar-refractivity contribution < 1.29 is 9.53 Å². The van der Waals surface area contributed by atoms with Crippen molar-refractivity contribution in [3.63, 3.8) is 0 Å². The minimum Gasteiger partial charge on any atom is -0.465 e. The van der Waals surface area contributed by atoms with Crippen molar-refractivity contribution >= 4 is 5.97 Å². The molecule has 104 valence electrons. The molecule has 0 radical (unpaired) electrons. The average Bonchev–Trinajstić information content (AvgIpc) is 2.40. The Balaban J connectivity index is 2.21. The number of hydrogen-bond donors (Lipinski definition) is 0. The van der Waals surface area contributed by atoms with E-state index in [2.05, 4.69) is 11.8 Å². The lowest BCUT2D eigenvalue weighted by molar-refractivity contribution is -0.150. The molecule has 1 aliphatic rings. The molecule has 0 aromatic heterocycles. The normalized spacial score (nSPS) is 21.9. The third-order valence-electron chi connectivity index (χ3n) is 3.68. The SMILES string of the molecule is CCOC(=O)C(c1ccccc1)N1CCCC(C)C1. The van der Waals surface area contributed by atoms with Crippen LogP contribution in [-0.4, -0.2) is 30.6 Å². The summed E-state index contributed by atoms with van der Waals surface area (Å²) in [6, 6.07) is 9.72. The van der Waals surface area contributed by atoms with Crippen LogP contribution in [0, 0.1) is 5.92 Å². The van der Waals surface area contributed by atoms with Gasteiger partial charge in [-0.1, -0.05) is 37.3 Å². The van der Waals surface area contributed by atoms with Gasteiger partial charge in [0, 0.05) is 6.54 Å². The fourth-order valence-electron chi connectivity index (χ4n) is 2.81. The van der Waals surface area contributed by atoms with Crippen LogP contribution in [0.2, 0.25) is 0 Å². The summed E-state index contributed by atoms with van der Waals surface area (Å²) in [6.45, 7) is 6.49. The highest BCUT2D eigenvalue weighted by molar-refractivity contribution is 5.77. The van der Waals surface area contributed by atoms with Crippen LogP contribution in [0.3, 0.4) is 0 Å². The number of ether oxygens (including phenoxy) is 1. The van der Waals surface area contributed by atoms with E-state index < -0.39 is 0 Å². The molecule has 3 heteroatoms. The van der Waals surface area contributed by atoms with E-state index in [9.17, 15) is 4.79 Å². The van der Waals surface area contributed by atoms with E-state index in [0.29, 0.717) is 12.5 Å². The molecule has 1 fully saturated rings. The van der Waals surface area contributed by atoms with Gasteiger partial charge in [-0.2, -0.15) is 0 Å². The second kappa shape index (κ2) is 6.71. The molecule has 1 saturated heterocycles. The van der Waals surface area contributed by atoms with Gasteiger partial charge in [0.25, 0.3) is 0 Å². The zero-order chi connectivity index (χ0) is 13.7. The molecule has 3 nitrogen and oxygen atoms in total. The molecule has 0 bridgehead atoms. The molecule has 19 heavy (non-hydrogen) atoms. The number of likely N-dealkylation sites (tertiary alicyclic amines) is 1. The number of piperidine rings is 1. The van der Waals surface area contributed by atoms with Crippen LogP contribution >= 0.6 is 0 Å². The maximum Gasteiger partial charge on any atom is 0.327 e. The largest absolute Gasteiger partial charge is 0.465 e. The molecule has 0 spiro atoms. The molecule has 1 aromatic carbocycles. The van der Waals surface area contributed by atoms with E-state index in [1.54, 1.807) is 0 Å². The molecule has 2 atom stereocenters. The number of carbonyl (C=O) groups is 1. The number of benzene rings is 1. The standard InChI is InChI=1S/C16H23NO2/c1-3-19-16(18)15(14-9-5-4-6-10-14)17-11-7-8-13(2)12-17/h4-6,9-10,13,15H,3,7-8,11-12H2,1-2H3. The van der Waals surface area contributed by atoms with Gasteiger partial charge in [-0.3, -0.25) is 4.90 Å². The molecule has 0 amide bonds. The second-order valence-electron chi connectivity index (χ2n) is 5.31. The molecule has 0 saturated carbocycles. The van der Waals surface area contributed by atoms with E-state index in [4.69, 9.17) is 4.74 Å². The van der Waals surface area contributed by atoms with E-state index in [-0.39, 0.29) is 12.0 Å². The Bertz CT molecular complexity index is 404. The van der Waals surface area contributed by atoms with Gasteiger partial charge < -0.3 is 4.74 Å². The zero-order valence-corrected chi connectivity index (χ0v) is 11.8. The number of hydrogen-bond acceptors (Lipinski definition) is 3. The zero-order valence-electron chi connectivity index (χ0n) is 11.8. The predicted octanol–water partition coefficient (Wildman–Crippen LogP) is 3.02. The second-order valence-corrected chi connectivity index (χ2v) is 5.31. The van der Waals surface area contributed by atoms with Gasteiger partial charge >= 0.3 is 5.97 Å². The first-order valence-corrected chi connectivity index (χ1v) is 7.18. The summed E-state index contributed by atoms with van der Waals surface area (Å²) in [5.41, 5.74) is 1.04. The van der Waals surface area contributed by atoms with Gasteiger partial charge in [0.2, 0.25) is 0 Å². The van der Waals surface area contributed by atoms with E-state index in [0.717, 1.165) is 25.1 Å². The number of rotatable bonds is 4. The Kier molecular flexibility index (Phi) is 4.97. The van der Waals surface area contributed by atoms with Crippen molar-refractivity contribution in [1.29, 1.82) is 0 Å². The molecular formula is C16H23NO2. The lowest BCUT2D eigenvalue weighted by Crippen LogP contribution is -2.41. The molecule has 2 unspecified atom stereocenters. The molecule has 2 rings (SSSR count). The van der Waals surface area contributed by atoms with Gasteiger partial charge in [0.1, 0.15) is 6.04 Å². The van der Waals surface area contributed by atoms with Crippen molar-refractivity contribution in [3.8, 4) is 0 Å². The summed E-state index contributed by atoms with van der Waals surface area (Å²) in [5.74, 6) is 0.525. The van der Waals surface area contributed by atoms with Gasteiger partial charge in [0.05, 0.1) is 6.61 Å². The Morgan fingerprint density at radius 1 is 1.42 bits per heavy atom. The third-order valence-corrected chi connectivity index (χ3v) is 3.68. The first-order chi connectivity index (χ1) is 9.22. The van der Waals surface area contributed by atoms with Crippen LogP contribution in [0.4, 0.5) is 0 Å². The Morgan fingerprint density at radius 3 is 2.79 bits per heavy atom. The van der Waals surface area contributed by atoms with Gasteiger partial charge in [-0.05, 0) is 37.8 Å². The van der Waals surface area contributed by atoms with Crippen molar-refractivity contribution in [3.05, 3.63) is 35.9 Å². The summed E-state index contributed by atoms with van der Waals surface area (Å²) in [6.07, 6.45) is 2.41. The minimum absolute atomic E-state index is 0.122. The highest BCUT2D eigenvalue weighted by atomic mass is 16.5. The van der Waals surface area contributed by atoms with E-state index in [1.165, 1.54) is 6.42 Å². The average molecular weight is 261 g/mol. The van der Waals surface area contributed by atoms with Gasteiger partial charge in [-0.25, -0.2) is 4.79 Å². The Morgan fingerprint density at radius 2 is 2.16 bits per heavy atom. The topological polar surface area (TPSA) is 29.5 Å². The summed E-state index contributed by atoms with van der Waals surface area (Å²) < 4.78 is 5.27. The van der Waals surface area contributed by atoms with Crippen LogP contribution in [-0.2, 0) is 9.53 Å². The monoisotopic (exact) mass is 261 g/mol. The molecule has 0 N–H and O–H groups in total. The predicted molar refractivity (Wildman–Crippen MR) is 75.8 cm³/mol. The van der Waals surface area contributed by atoms with E-state index in [1.807, 2.05) is 37.3 Å². The highest BCUT2D eigenvalue weighted by Crippen LogP contribution is 2.27. The fraction of sp³-hybridized carbons (Fsp3) is 0.562. The molecule has 1 heterocycles. The van der Waals surface area contributed by atoms with Gasteiger partial charge in [-0.15, -0.1) is 0 Å². The summed E-state index contributed by atoms with van der Waals surface area (Å²) >= 11 is 0. The molecule has 1 aliphatic heterocycles. The van der Waals surface area contributed by atoms with Crippen molar-refractivity contribution in [2.24, 2.45) is 5.92 Å². The van der Waals surface area contributed by atoms with Crippen LogP contribution < -0.4 is 0 Å². The molecule has 1 aromatic rings. The first kappa shape index (κ1) is 14.1. The number of nitrogens with zero attached hydrogens (tertiary/aromatic N) is 1. The van der Waals surface area contributed by atoms with Crippen molar-refractivity contribution in [2.45, 2.75) is 32.7 Å². The quantitative estimate of drug-likeness (QED) is 0.780. The van der Waals surface area contributed by atoms with Crippen molar-refractivity contribution in [1.82, 2.24) is 4.90 Å². The lowest BCUT2D eigenvalue weighted by atomic mass is 9.96. The fourth-order valence-corrected chi connectivity index (χ4v) is 2.81. The Labute approximate surface area is 115 Å². The summed E-state index contributed by atoms with van der Waals surface area (Å²) in [7, 11) is 0. The molecule has 0 aliphatic carbocycles. The Hall–Kier alpha value is -1.35. The third kappa shape index (κ3) is 3.57. The molecular weight excluding hydrogens is 238 g/mol. The number of carbonyl (C=O) groups excluding carboxylic acids is 1. The summed E-state index contributed by atoms with van der Waals surface area (Å²) in [4.78, 5) is 14.6. The van der Waals surface area contributed by atoms with Crippen LogP contribution in [0.1, 0.15) is 38.3 Å². The van der Waals surface area contributed by atoms with E-state index >= 15 is 0 Å². The van der Waals surface area contributed by atoms with Crippen LogP contribution in [0.25, 0.3) is 0 Å². The van der Waals surface area contributed by atoms with Crippen LogP contribution in [0.5, 0.6) is 0 Å². The van der Waals surface area contributed by atoms with Crippen LogP contribution in [0.15, 0.2) is 30.3 Å². The maximum absolute atomic E-state index is 12.3. The summed E-state index contributed by atoms with van der Waals surface area (Å²) in [5, 5.41) is 0. The van der Waals surface area contributed by atoms with Gasteiger partial charge in [0.15, 0.2) is 0 Å². The number of esters is 1. The lowest BCUT2D eigenvalue weighted by Gasteiger charge is -2.36.